The van der Waals surface area contributed by atoms with Gasteiger partial charge in [0.05, 0.1) is 6.54 Å². The van der Waals surface area contributed by atoms with Crippen molar-refractivity contribution in [1.29, 1.82) is 0 Å². The first-order valence-corrected chi connectivity index (χ1v) is 6.30. The molecule has 2 rings (SSSR count). The fourth-order valence-corrected chi connectivity index (χ4v) is 2.50. The van der Waals surface area contributed by atoms with Crippen LogP contribution in [0.4, 0.5) is 0 Å². The average Bonchev–Trinajstić information content (AvgIpc) is 2.83. The van der Waals surface area contributed by atoms with Crippen LogP contribution in [0.5, 0.6) is 0 Å². The van der Waals surface area contributed by atoms with Gasteiger partial charge in [0.1, 0.15) is 12.2 Å². The van der Waals surface area contributed by atoms with E-state index in [1.54, 1.807) is 0 Å². The quantitative estimate of drug-likeness (QED) is 0.848. The van der Waals surface area contributed by atoms with Gasteiger partial charge in [0.25, 0.3) is 0 Å². The van der Waals surface area contributed by atoms with Crippen LogP contribution in [0.1, 0.15) is 51.9 Å². The second kappa shape index (κ2) is 4.95. The Morgan fingerprint density at radius 1 is 1.50 bits per heavy atom. The van der Waals surface area contributed by atoms with Crippen molar-refractivity contribution >= 4 is 0 Å². The summed E-state index contributed by atoms with van der Waals surface area (Å²) in [7, 11) is 0. The van der Waals surface area contributed by atoms with E-state index in [0.717, 1.165) is 18.3 Å². The zero-order valence-corrected chi connectivity index (χ0v) is 10.5. The van der Waals surface area contributed by atoms with Gasteiger partial charge < -0.3 is 9.88 Å². The predicted octanol–water partition coefficient (Wildman–Crippen LogP) is 2.14. The molecule has 1 fully saturated rings. The Hall–Kier alpha value is -0.900. The summed E-state index contributed by atoms with van der Waals surface area (Å²) in [5.74, 6) is 1.85. The molecule has 2 unspecified atom stereocenters. The second-order valence-electron chi connectivity index (χ2n) is 5.14. The van der Waals surface area contributed by atoms with Crippen molar-refractivity contribution in [2.24, 2.45) is 5.92 Å². The highest BCUT2D eigenvalue weighted by atomic mass is 15.3. The Morgan fingerprint density at radius 3 is 2.94 bits per heavy atom. The molecule has 4 nitrogen and oxygen atoms in total. The van der Waals surface area contributed by atoms with E-state index in [-0.39, 0.29) is 0 Å². The van der Waals surface area contributed by atoms with E-state index in [0.29, 0.717) is 12.1 Å². The summed E-state index contributed by atoms with van der Waals surface area (Å²) in [6, 6.07) is 1.10. The lowest BCUT2D eigenvalue weighted by Gasteiger charge is -2.17. The molecule has 1 aromatic rings. The number of nitrogens with one attached hydrogen (secondary N) is 1. The Labute approximate surface area is 97.5 Å². The van der Waals surface area contributed by atoms with E-state index in [4.69, 9.17) is 0 Å². The highest BCUT2D eigenvalue weighted by molar-refractivity contribution is 4.90. The van der Waals surface area contributed by atoms with Crippen LogP contribution >= 0.6 is 0 Å². The fourth-order valence-electron chi connectivity index (χ4n) is 2.50. The highest BCUT2D eigenvalue weighted by Gasteiger charge is 2.23. The van der Waals surface area contributed by atoms with E-state index < -0.39 is 0 Å². The first kappa shape index (κ1) is 11.6. The maximum Gasteiger partial charge on any atom is 0.147 e. The molecule has 2 atom stereocenters. The summed E-state index contributed by atoms with van der Waals surface area (Å²) < 4.78 is 2.13. The molecule has 0 amide bonds. The molecule has 0 radical (unpaired) electrons. The topological polar surface area (TPSA) is 42.7 Å². The van der Waals surface area contributed by atoms with Crippen molar-refractivity contribution in [1.82, 2.24) is 20.1 Å². The van der Waals surface area contributed by atoms with E-state index >= 15 is 0 Å². The van der Waals surface area contributed by atoms with Crippen LogP contribution in [0.15, 0.2) is 6.33 Å². The Morgan fingerprint density at radius 2 is 2.31 bits per heavy atom. The van der Waals surface area contributed by atoms with Crippen LogP contribution < -0.4 is 5.32 Å². The minimum atomic E-state index is 0.438. The smallest absolute Gasteiger partial charge is 0.147 e. The second-order valence-corrected chi connectivity index (χ2v) is 5.14. The van der Waals surface area contributed by atoms with Crippen LogP contribution in [-0.2, 0) is 6.54 Å². The molecule has 0 bridgehead atoms. The number of rotatable bonds is 4. The fraction of sp³-hybridized carbons (Fsp3) is 0.833. The molecule has 90 valence electrons. The molecule has 0 aliphatic heterocycles. The molecule has 1 aliphatic carbocycles. The number of hydrogen-bond acceptors (Lipinski definition) is 3. The van der Waals surface area contributed by atoms with Crippen LogP contribution in [0.25, 0.3) is 0 Å². The molecular weight excluding hydrogens is 200 g/mol. The Bertz CT molecular complexity index is 332. The molecule has 0 aromatic carbocycles. The number of nitrogens with zero attached hydrogens (tertiary/aromatic N) is 3. The van der Waals surface area contributed by atoms with Gasteiger partial charge >= 0.3 is 0 Å². The van der Waals surface area contributed by atoms with E-state index in [1.807, 2.05) is 6.33 Å². The molecule has 4 heteroatoms. The summed E-state index contributed by atoms with van der Waals surface area (Å²) in [6.07, 6.45) is 5.83. The SMILES string of the molecule is CC1CCCC1NCc1nncn1C(C)C. The van der Waals surface area contributed by atoms with E-state index in [1.165, 1.54) is 19.3 Å². The maximum absolute atomic E-state index is 4.17. The summed E-state index contributed by atoms with van der Waals surface area (Å²) in [6.45, 7) is 7.49. The van der Waals surface area contributed by atoms with Crippen molar-refractivity contribution in [2.75, 3.05) is 0 Å². The maximum atomic E-state index is 4.17. The van der Waals surface area contributed by atoms with Gasteiger partial charge in [-0.1, -0.05) is 13.3 Å². The van der Waals surface area contributed by atoms with E-state index in [9.17, 15) is 0 Å². The van der Waals surface area contributed by atoms with Crippen molar-refractivity contribution < 1.29 is 0 Å². The highest BCUT2D eigenvalue weighted by Crippen LogP contribution is 2.24. The van der Waals surface area contributed by atoms with E-state index in [2.05, 4.69) is 40.9 Å². The van der Waals surface area contributed by atoms with Crippen molar-refractivity contribution in [3.63, 3.8) is 0 Å². The number of aromatic nitrogens is 3. The molecule has 1 N–H and O–H groups in total. The zero-order chi connectivity index (χ0) is 11.5. The van der Waals surface area contributed by atoms with Gasteiger partial charge in [-0.25, -0.2) is 0 Å². The van der Waals surface area contributed by atoms with Gasteiger partial charge in [-0.05, 0) is 32.6 Å². The van der Waals surface area contributed by atoms with Gasteiger partial charge in [-0.2, -0.15) is 0 Å². The first-order valence-electron chi connectivity index (χ1n) is 6.30. The summed E-state index contributed by atoms with van der Waals surface area (Å²) in [5.41, 5.74) is 0. The summed E-state index contributed by atoms with van der Waals surface area (Å²) in [4.78, 5) is 0. The normalized spacial score (nSPS) is 25.5. The van der Waals surface area contributed by atoms with Gasteiger partial charge in [0.15, 0.2) is 0 Å². The molecule has 0 spiro atoms. The first-order chi connectivity index (χ1) is 7.68. The van der Waals surface area contributed by atoms with Crippen molar-refractivity contribution in [3.8, 4) is 0 Å². The molecule has 0 saturated heterocycles. The van der Waals surface area contributed by atoms with Crippen LogP contribution in [0, 0.1) is 5.92 Å². The lowest BCUT2D eigenvalue weighted by Crippen LogP contribution is -2.31. The predicted molar refractivity (Wildman–Crippen MR) is 64.0 cm³/mol. The van der Waals surface area contributed by atoms with Gasteiger partial charge in [-0.15, -0.1) is 10.2 Å². The molecule has 16 heavy (non-hydrogen) atoms. The number of hydrogen-bond donors (Lipinski definition) is 1. The lowest BCUT2D eigenvalue weighted by molar-refractivity contribution is 0.412. The minimum absolute atomic E-state index is 0.438. The third kappa shape index (κ3) is 2.43. The molecule has 1 saturated carbocycles. The molecular formula is C12H22N4. The van der Waals surface area contributed by atoms with Gasteiger partial charge in [0.2, 0.25) is 0 Å². The van der Waals surface area contributed by atoms with Crippen LogP contribution in [0.3, 0.4) is 0 Å². The van der Waals surface area contributed by atoms with Crippen molar-refractivity contribution in [3.05, 3.63) is 12.2 Å². The Kier molecular flexibility index (Phi) is 3.59. The largest absolute Gasteiger partial charge is 0.314 e. The summed E-state index contributed by atoms with van der Waals surface area (Å²) in [5, 5.41) is 11.8. The van der Waals surface area contributed by atoms with Gasteiger partial charge in [0, 0.05) is 12.1 Å². The standard InChI is InChI=1S/C12H22N4/c1-9(2)16-8-14-15-12(16)7-13-11-6-4-5-10(11)3/h8-11,13H,4-7H2,1-3H3. The third-order valence-corrected chi connectivity index (χ3v) is 3.59. The van der Waals surface area contributed by atoms with Crippen molar-refractivity contribution in [2.45, 2.75) is 58.7 Å². The van der Waals surface area contributed by atoms with Crippen LogP contribution in [0.2, 0.25) is 0 Å². The minimum Gasteiger partial charge on any atom is -0.314 e. The van der Waals surface area contributed by atoms with Gasteiger partial charge in [-0.3, -0.25) is 0 Å². The average molecular weight is 222 g/mol. The molecule has 1 aliphatic rings. The zero-order valence-electron chi connectivity index (χ0n) is 10.5. The lowest BCUT2D eigenvalue weighted by atomic mass is 10.1. The van der Waals surface area contributed by atoms with Crippen LogP contribution in [-0.4, -0.2) is 20.8 Å². The summed E-state index contributed by atoms with van der Waals surface area (Å²) >= 11 is 0. The third-order valence-electron chi connectivity index (χ3n) is 3.59. The monoisotopic (exact) mass is 222 g/mol. The molecule has 1 heterocycles. The molecule has 1 aromatic heterocycles. The Balaban J connectivity index is 1.91.